The van der Waals surface area contributed by atoms with E-state index in [0.29, 0.717) is 0 Å². The molecular formula is C22H22N3O3-. The van der Waals surface area contributed by atoms with Gasteiger partial charge in [-0.15, -0.1) is 0 Å². The van der Waals surface area contributed by atoms with Crippen LogP contribution in [0.15, 0.2) is 60.8 Å². The molecule has 0 radical (unpaired) electrons. The highest BCUT2D eigenvalue weighted by Gasteiger charge is 2.15. The van der Waals surface area contributed by atoms with Crippen LogP contribution in [0.3, 0.4) is 0 Å². The Balaban J connectivity index is 1.66. The lowest BCUT2D eigenvalue weighted by atomic mass is 10.0. The summed E-state index contributed by atoms with van der Waals surface area (Å²) in [6.45, 7) is 0. The normalized spacial score (nSPS) is 12.2. The number of nitrogens with zero attached hydrogens (tertiary/aromatic N) is 1. The molecule has 1 heterocycles. The number of aliphatic carboxylic acids is 1. The number of anilines is 1. The van der Waals surface area contributed by atoms with Crippen LogP contribution in [0.2, 0.25) is 0 Å². The van der Waals surface area contributed by atoms with Gasteiger partial charge in [-0.05, 0) is 35.4 Å². The quantitative estimate of drug-likeness (QED) is 0.615. The average Bonchev–Trinajstić information content (AvgIpc) is 3.09. The predicted molar refractivity (Wildman–Crippen MR) is 109 cm³/mol. The van der Waals surface area contributed by atoms with Crippen molar-refractivity contribution in [1.29, 1.82) is 0 Å². The summed E-state index contributed by atoms with van der Waals surface area (Å²) in [7, 11) is 3.90. The van der Waals surface area contributed by atoms with E-state index in [4.69, 9.17) is 0 Å². The summed E-state index contributed by atoms with van der Waals surface area (Å²) in [4.78, 5) is 28.8. The van der Waals surface area contributed by atoms with Crippen molar-refractivity contribution in [3.63, 3.8) is 0 Å². The Morgan fingerprint density at radius 3 is 2.54 bits per heavy atom. The molecule has 1 amide bonds. The molecule has 6 nitrogen and oxygen atoms in total. The molecule has 6 heteroatoms. The summed E-state index contributed by atoms with van der Waals surface area (Å²) in [6.07, 6.45) is 4.88. The molecule has 0 spiro atoms. The maximum Gasteiger partial charge on any atom is 0.244 e. The molecule has 0 saturated carbocycles. The number of carboxylic acids is 1. The fraction of sp³-hybridized carbons (Fsp3) is 0.182. The second kappa shape index (κ2) is 8.43. The minimum Gasteiger partial charge on any atom is -0.548 e. The van der Waals surface area contributed by atoms with Crippen LogP contribution in [0.4, 0.5) is 5.69 Å². The van der Waals surface area contributed by atoms with Gasteiger partial charge in [0.25, 0.3) is 0 Å². The van der Waals surface area contributed by atoms with E-state index in [1.54, 1.807) is 12.3 Å². The van der Waals surface area contributed by atoms with Crippen molar-refractivity contribution in [2.75, 3.05) is 19.0 Å². The van der Waals surface area contributed by atoms with Crippen LogP contribution in [0.25, 0.3) is 17.0 Å². The van der Waals surface area contributed by atoms with E-state index in [-0.39, 0.29) is 6.42 Å². The number of hydrogen-bond acceptors (Lipinski definition) is 4. The van der Waals surface area contributed by atoms with E-state index in [9.17, 15) is 14.7 Å². The van der Waals surface area contributed by atoms with Gasteiger partial charge < -0.3 is 25.1 Å². The lowest BCUT2D eigenvalue weighted by Gasteiger charge is -2.18. The highest BCUT2D eigenvalue weighted by atomic mass is 16.4. The third-order valence-electron chi connectivity index (χ3n) is 4.54. The van der Waals surface area contributed by atoms with Crippen LogP contribution in [0.1, 0.15) is 11.1 Å². The Morgan fingerprint density at radius 1 is 1.14 bits per heavy atom. The van der Waals surface area contributed by atoms with Crippen molar-refractivity contribution in [3.05, 3.63) is 71.9 Å². The monoisotopic (exact) mass is 376 g/mol. The average molecular weight is 376 g/mol. The smallest absolute Gasteiger partial charge is 0.244 e. The number of aromatic nitrogens is 1. The molecule has 0 bridgehead atoms. The molecule has 28 heavy (non-hydrogen) atoms. The number of aromatic amines is 1. The molecule has 0 aliphatic heterocycles. The van der Waals surface area contributed by atoms with Gasteiger partial charge in [-0.3, -0.25) is 4.79 Å². The van der Waals surface area contributed by atoms with Crippen LogP contribution >= 0.6 is 0 Å². The zero-order valence-electron chi connectivity index (χ0n) is 15.8. The Morgan fingerprint density at radius 2 is 1.86 bits per heavy atom. The van der Waals surface area contributed by atoms with Crippen molar-refractivity contribution >= 4 is 34.5 Å². The van der Waals surface area contributed by atoms with Gasteiger partial charge in [0.15, 0.2) is 0 Å². The Kier molecular flexibility index (Phi) is 5.79. The largest absolute Gasteiger partial charge is 0.548 e. The van der Waals surface area contributed by atoms with Crippen LogP contribution in [-0.2, 0) is 16.0 Å². The first kappa shape index (κ1) is 19.2. The molecule has 0 fully saturated rings. The molecule has 0 unspecified atom stereocenters. The van der Waals surface area contributed by atoms with Crippen molar-refractivity contribution in [1.82, 2.24) is 10.3 Å². The van der Waals surface area contributed by atoms with Gasteiger partial charge in [0, 0.05) is 49.4 Å². The van der Waals surface area contributed by atoms with Gasteiger partial charge in [0.1, 0.15) is 0 Å². The van der Waals surface area contributed by atoms with Gasteiger partial charge in [-0.25, -0.2) is 0 Å². The number of nitrogens with one attached hydrogen (secondary N) is 2. The van der Waals surface area contributed by atoms with E-state index in [2.05, 4.69) is 10.3 Å². The second-order valence-electron chi connectivity index (χ2n) is 6.76. The summed E-state index contributed by atoms with van der Waals surface area (Å²) in [6, 6.07) is 14.2. The first-order chi connectivity index (χ1) is 13.4. The van der Waals surface area contributed by atoms with E-state index >= 15 is 0 Å². The number of fused-ring (bicyclic) bond motifs is 1. The SMILES string of the molecule is CN(C)c1ccc(/C=C/C(=O)N[C@@H](Cc2c[nH]c3ccccc23)C(=O)[O-])cc1. The van der Waals surface area contributed by atoms with E-state index < -0.39 is 17.9 Å². The molecule has 2 aromatic carbocycles. The number of benzene rings is 2. The molecule has 1 aromatic heterocycles. The molecular weight excluding hydrogens is 354 g/mol. The summed E-state index contributed by atoms with van der Waals surface area (Å²) in [5, 5.41) is 14.9. The number of para-hydroxylation sites is 1. The molecule has 2 N–H and O–H groups in total. The van der Waals surface area contributed by atoms with Gasteiger partial charge in [-0.2, -0.15) is 0 Å². The Bertz CT molecular complexity index is 1000. The second-order valence-corrected chi connectivity index (χ2v) is 6.76. The summed E-state index contributed by atoms with van der Waals surface area (Å²) >= 11 is 0. The van der Waals surface area contributed by atoms with Crippen LogP contribution in [-0.4, -0.2) is 37.0 Å². The van der Waals surface area contributed by atoms with E-state index in [0.717, 1.165) is 27.7 Å². The van der Waals surface area contributed by atoms with Crippen molar-refractivity contribution in [2.45, 2.75) is 12.5 Å². The van der Waals surface area contributed by atoms with Gasteiger partial charge in [0.05, 0.1) is 12.0 Å². The zero-order chi connectivity index (χ0) is 20.1. The molecule has 3 rings (SSSR count). The van der Waals surface area contributed by atoms with Crippen LogP contribution in [0, 0.1) is 0 Å². The fourth-order valence-electron chi connectivity index (χ4n) is 2.99. The molecule has 0 saturated heterocycles. The Hall–Kier alpha value is -3.54. The highest BCUT2D eigenvalue weighted by Crippen LogP contribution is 2.19. The Labute approximate surface area is 163 Å². The van der Waals surface area contributed by atoms with Gasteiger partial charge in [-0.1, -0.05) is 30.3 Å². The maximum atomic E-state index is 12.2. The first-order valence-electron chi connectivity index (χ1n) is 8.96. The molecule has 144 valence electrons. The van der Waals surface area contributed by atoms with Crippen molar-refractivity contribution in [3.8, 4) is 0 Å². The molecule has 0 aliphatic rings. The number of amides is 1. The summed E-state index contributed by atoms with van der Waals surface area (Å²) < 4.78 is 0. The highest BCUT2D eigenvalue weighted by molar-refractivity contribution is 5.94. The third-order valence-corrected chi connectivity index (χ3v) is 4.54. The van der Waals surface area contributed by atoms with Crippen molar-refractivity contribution < 1.29 is 14.7 Å². The van der Waals surface area contributed by atoms with Crippen LogP contribution < -0.4 is 15.3 Å². The topological polar surface area (TPSA) is 88.3 Å². The van der Waals surface area contributed by atoms with Gasteiger partial charge >= 0.3 is 0 Å². The van der Waals surface area contributed by atoms with E-state index in [1.807, 2.05) is 67.5 Å². The predicted octanol–water partition coefficient (Wildman–Crippen LogP) is 1.72. The number of H-pyrrole nitrogens is 1. The minimum atomic E-state index is -1.32. The lowest BCUT2D eigenvalue weighted by Crippen LogP contribution is -2.48. The summed E-state index contributed by atoms with van der Waals surface area (Å²) in [5.41, 5.74) is 3.63. The van der Waals surface area contributed by atoms with Gasteiger partial charge in [0.2, 0.25) is 5.91 Å². The molecule has 1 atom stereocenters. The van der Waals surface area contributed by atoms with E-state index in [1.165, 1.54) is 6.08 Å². The minimum absolute atomic E-state index is 0.142. The number of hydrogen-bond donors (Lipinski definition) is 2. The number of carbonyl (C=O) groups excluding carboxylic acids is 2. The number of rotatable bonds is 7. The molecule has 3 aromatic rings. The first-order valence-corrected chi connectivity index (χ1v) is 8.96. The zero-order valence-corrected chi connectivity index (χ0v) is 15.8. The third kappa shape index (κ3) is 4.59. The van der Waals surface area contributed by atoms with Crippen LogP contribution in [0.5, 0.6) is 0 Å². The number of carboxylic acid groups (broad SMARTS) is 1. The standard InChI is InChI=1S/C22H23N3O3/c1-25(2)17-10-7-15(8-11-17)9-12-21(26)24-20(22(27)28)13-16-14-23-19-6-4-3-5-18(16)19/h3-12,14,20,23H,13H2,1-2H3,(H,24,26)(H,27,28)/p-1/b12-9+/t20-/m0/s1. The summed E-state index contributed by atoms with van der Waals surface area (Å²) in [5.74, 6) is -1.80. The van der Waals surface area contributed by atoms with Crippen molar-refractivity contribution in [2.24, 2.45) is 0 Å². The number of carbonyl (C=O) groups is 2. The fourth-order valence-corrected chi connectivity index (χ4v) is 2.99. The lowest BCUT2D eigenvalue weighted by molar-refractivity contribution is -0.308. The molecule has 0 aliphatic carbocycles. The maximum absolute atomic E-state index is 12.2.